The van der Waals surface area contributed by atoms with Crippen molar-refractivity contribution in [3.63, 3.8) is 0 Å². The van der Waals surface area contributed by atoms with Gasteiger partial charge in [0.1, 0.15) is 6.04 Å². The molecule has 0 aromatic carbocycles. The first-order valence-corrected chi connectivity index (χ1v) is 12.4. The average molecular weight is 524 g/mol. The highest BCUT2D eigenvalue weighted by Crippen LogP contribution is 2.32. The van der Waals surface area contributed by atoms with Gasteiger partial charge in [0.25, 0.3) is 5.91 Å². The lowest BCUT2D eigenvalue weighted by molar-refractivity contribution is -0.175. The molecule has 2 aromatic heterocycles. The quantitative estimate of drug-likeness (QED) is 0.623. The van der Waals surface area contributed by atoms with Gasteiger partial charge in [-0.3, -0.25) is 14.4 Å². The number of nitrogens with zero attached hydrogens (tertiary/aromatic N) is 3. The standard InChI is InChI=1S/C26H36F3N5O3/c1-24(2,3)12-16-9-11-33(22(36)17-8-7-10-34-15-30-13-19(17)34)14-18(16)31-21(35)20(25(4,5)6)32-23(37)26(27,28)29/h7-8,10,13,15-16,18,20H,9,11-12,14H2,1-6H3,(H,31,35)(H,32,37)/t16-,18+,20+/m0/s1. The number of alkyl halides is 3. The second-order valence-electron chi connectivity index (χ2n) is 12.1. The van der Waals surface area contributed by atoms with Gasteiger partial charge in [-0.05, 0) is 41.7 Å². The molecule has 204 valence electrons. The molecule has 3 atom stereocenters. The minimum absolute atomic E-state index is 0.00213. The molecule has 1 saturated heterocycles. The van der Waals surface area contributed by atoms with Crippen LogP contribution in [0.5, 0.6) is 0 Å². The Bertz CT molecular complexity index is 1150. The fourth-order valence-electron chi connectivity index (χ4n) is 4.83. The molecule has 11 heteroatoms. The summed E-state index contributed by atoms with van der Waals surface area (Å²) in [5.41, 5.74) is 0.0837. The lowest BCUT2D eigenvalue weighted by atomic mass is 9.77. The van der Waals surface area contributed by atoms with E-state index in [-0.39, 0.29) is 23.8 Å². The van der Waals surface area contributed by atoms with E-state index in [9.17, 15) is 27.6 Å². The average Bonchev–Trinajstić information content (AvgIpc) is 3.24. The molecule has 0 saturated carbocycles. The van der Waals surface area contributed by atoms with Crippen molar-refractivity contribution in [3.05, 3.63) is 36.4 Å². The van der Waals surface area contributed by atoms with Crippen molar-refractivity contribution in [1.82, 2.24) is 24.9 Å². The third-order valence-electron chi connectivity index (χ3n) is 6.59. The first kappa shape index (κ1) is 28.5. The van der Waals surface area contributed by atoms with E-state index < -0.39 is 35.5 Å². The molecule has 3 amide bonds. The van der Waals surface area contributed by atoms with Crippen LogP contribution in [-0.4, -0.2) is 63.4 Å². The number of hydrogen-bond donors (Lipinski definition) is 2. The number of amides is 3. The second kappa shape index (κ2) is 10.3. The molecule has 3 heterocycles. The predicted octanol–water partition coefficient (Wildman–Crippen LogP) is 3.81. The monoisotopic (exact) mass is 523 g/mol. The third-order valence-corrected chi connectivity index (χ3v) is 6.59. The van der Waals surface area contributed by atoms with E-state index in [1.54, 1.807) is 60.9 Å². The highest BCUT2D eigenvalue weighted by Gasteiger charge is 2.44. The lowest BCUT2D eigenvalue weighted by Gasteiger charge is -2.42. The number of carbonyl (C=O) groups is 3. The van der Waals surface area contributed by atoms with Gasteiger partial charge in [0.05, 0.1) is 23.6 Å². The molecule has 8 nitrogen and oxygen atoms in total. The van der Waals surface area contributed by atoms with Crippen LogP contribution in [0.3, 0.4) is 0 Å². The Kier molecular flexibility index (Phi) is 7.95. The van der Waals surface area contributed by atoms with Crippen molar-refractivity contribution in [3.8, 4) is 0 Å². The van der Waals surface area contributed by atoms with E-state index in [0.29, 0.717) is 24.0 Å². The first-order chi connectivity index (χ1) is 17.0. The maximum Gasteiger partial charge on any atom is 0.471 e. The Balaban J connectivity index is 1.85. The molecule has 1 fully saturated rings. The lowest BCUT2D eigenvalue weighted by Crippen LogP contribution is -2.61. The van der Waals surface area contributed by atoms with Crippen LogP contribution in [-0.2, 0) is 9.59 Å². The van der Waals surface area contributed by atoms with E-state index >= 15 is 0 Å². The molecule has 0 bridgehead atoms. The summed E-state index contributed by atoms with van der Waals surface area (Å²) < 4.78 is 40.6. The minimum Gasteiger partial charge on any atom is -0.350 e. The fraction of sp³-hybridized carbons (Fsp3) is 0.615. The summed E-state index contributed by atoms with van der Waals surface area (Å²) >= 11 is 0. The SMILES string of the molecule is CC(C)(C)C[C@@H]1CCN(C(=O)c2cccn3cncc23)C[C@H]1NC(=O)[C@@H](NC(=O)C(F)(F)F)C(C)(C)C. The normalized spacial score (nSPS) is 20.0. The van der Waals surface area contributed by atoms with Gasteiger partial charge in [-0.1, -0.05) is 41.5 Å². The third kappa shape index (κ3) is 7.01. The number of fused-ring (bicyclic) bond motifs is 1. The summed E-state index contributed by atoms with van der Waals surface area (Å²) in [5.74, 6) is -3.08. The van der Waals surface area contributed by atoms with Crippen LogP contribution in [0, 0.1) is 16.7 Å². The smallest absolute Gasteiger partial charge is 0.350 e. The predicted molar refractivity (Wildman–Crippen MR) is 133 cm³/mol. The first-order valence-electron chi connectivity index (χ1n) is 12.4. The van der Waals surface area contributed by atoms with E-state index in [4.69, 9.17) is 0 Å². The molecule has 2 aromatic rings. The Hall–Kier alpha value is -3.11. The molecule has 1 aliphatic rings. The molecule has 0 unspecified atom stereocenters. The van der Waals surface area contributed by atoms with Gasteiger partial charge in [-0.15, -0.1) is 0 Å². The maximum atomic E-state index is 13.5. The van der Waals surface area contributed by atoms with Crippen LogP contribution < -0.4 is 10.6 Å². The van der Waals surface area contributed by atoms with Crippen LogP contribution in [0.4, 0.5) is 13.2 Å². The van der Waals surface area contributed by atoms with Crippen molar-refractivity contribution in [2.75, 3.05) is 13.1 Å². The van der Waals surface area contributed by atoms with Crippen molar-refractivity contribution >= 4 is 23.2 Å². The number of rotatable bonds is 5. The molecule has 0 radical (unpaired) electrons. The number of carbonyl (C=O) groups excluding carboxylic acids is 3. The molecule has 0 spiro atoms. The van der Waals surface area contributed by atoms with Gasteiger partial charge < -0.3 is 19.9 Å². The van der Waals surface area contributed by atoms with Crippen LogP contribution in [0.25, 0.3) is 5.52 Å². The number of aromatic nitrogens is 2. The summed E-state index contributed by atoms with van der Waals surface area (Å²) in [6.07, 6.45) is 1.25. The van der Waals surface area contributed by atoms with Crippen molar-refractivity contribution in [1.29, 1.82) is 0 Å². The molecular formula is C26H36F3N5O3. The van der Waals surface area contributed by atoms with E-state index in [1.165, 1.54) is 0 Å². The summed E-state index contributed by atoms with van der Waals surface area (Å²) in [6, 6.07) is 1.56. The molecule has 3 rings (SSSR count). The Labute approximate surface area is 215 Å². The summed E-state index contributed by atoms with van der Waals surface area (Å²) in [7, 11) is 0. The topological polar surface area (TPSA) is 95.8 Å². The number of halogens is 3. The second-order valence-corrected chi connectivity index (χ2v) is 12.1. The molecule has 37 heavy (non-hydrogen) atoms. The number of piperidine rings is 1. The Morgan fingerprint density at radius 2 is 1.81 bits per heavy atom. The number of hydrogen-bond acceptors (Lipinski definition) is 4. The zero-order valence-electron chi connectivity index (χ0n) is 22.1. The van der Waals surface area contributed by atoms with Crippen molar-refractivity contribution in [2.24, 2.45) is 16.7 Å². The molecule has 2 N–H and O–H groups in total. The van der Waals surface area contributed by atoms with Gasteiger partial charge in [-0.25, -0.2) is 4.98 Å². The molecule has 1 aliphatic heterocycles. The van der Waals surface area contributed by atoms with Crippen molar-refractivity contribution in [2.45, 2.75) is 72.6 Å². The van der Waals surface area contributed by atoms with E-state index in [1.807, 2.05) is 5.32 Å². The van der Waals surface area contributed by atoms with E-state index in [2.05, 4.69) is 31.1 Å². The number of nitrogens with one attached hydrogen (secondary N) is 2. The van der Waals surface area contributed by atoms with Gasteiger partial charge in [0.2, 0.25) is 5.91 Å². The van der Waals surface area contributed by atoms with Crippen LogP contribution >= 0.6 is 0 Å². The minimum atomic E-state index is -5.11. The summed E-state index contributed by atoms with van der Waals surface area (Å²) in [6.45, 7) is 11.7. The van der Waals surface area contributed by atoms with Crippen LogP contribution in [0.2, 0.25) is 0 Å². The largest absolute Gasteiger partial charge is 0.471 e. The highest BCUT2D eigenvalue weighted by molar-refractivity contribution is 6.00. The molecular weight excluding hydrogens is 487 g/mol. The van der Waals surface area contributed by atoms with Gasteiger partial charge in [0.15, 0.2) is 0 Å². The zero-order chi connectivity index (χ0) is 27.8. The zero-order valence-corrected chi connectivity index (χ0v) is 22.1. The summed E-state index contributed by atoms with van der Waals surface area (Å²) in [5, 5.41) is 4.75. The summed E-state index contributed by atoms with van der Waals surface area (Å²) in [4.78, 5) is 44.2. The van der Waals surface area contributed by atoms with Gasteiger partial charge in [-0.2, -0.15) is 13.2 Å². The van der Waals surface area contributed by atoms with Gasteiger partial charge in [0, 0.05) is 25.3 Å². The van der Waals surface area contributed by atoms with Crippen molar-refractivity contribution < 1.29 is 27.6 Å². The Morgan fingerprint density at radius 3 is 2.41 bits per heavy atom. The van der Waals surface area contributed by atoms with Crippen LogP contribution in [0.15, 0.2) is 30.9 Å². The van der Waals surface area contributed by atoms with Crippen LogP contribution in [0.1, 0.15) is 64.7 Å². The molecule has 0 aliphatic carbocycles. The maximum absolute atomic E-state index is 13.5. The highest BCUT2D eigenvalue weighted by atomic mass is 19.4. The number of imidazole rings is 1. The number of likely N-dealkylation sites (tertiary alicyclic amines) is 1. The fourth-order valence-corrected chi connectivity index (χ4v) is 4.83. The van der Waals surface area contributed by atoms with E-state index in [0.717, 1.165) is 6.42 Å². The number of pyridine rings is 1. The Morgan fingerprint density at radius 1 is 1.14 bits per heavy atom. The van der Waals surface area contributed by atoms with Gasteiger partial charge >= 0.3 is 12.1 Å².